The lowest BCUT2D eigenvalue weighted by Gasteiger charge is -2.40. The van der Waals surface area contributed by atoms with Gasteiger partial charge in [-0.2, -0.15) is 11.8 Å². The molecule has 8 heteroatoms. The van der Waals surface area contributed by atoms with E-state index in [9.17, 15) is 15.0 Å². The van der Waals surface area contributed by atoms with Gasteiger partial charge in [-0.3, -0.25) is 10.1 Å². The zero-order valence-corrected chi connectivity index (χ0v) is 19.3. The van der Waals surface area contributed by atoms with Gasteiger partial charge in [0.25, 0.3) is 0 Å². The lowest BCUT2D eigenvalue weighted by atomic mass is 9.69. The monoisotopic (exact) mass is 448 g/mol. The average molecular weight is 449 g/mol. The van der Waals surface area contributed by atoms with Gasteiger partial charge in [-0.15, -0.1) is 0 Å². The molecule has 2 aliphatic carbocycles. The number of allylic oxidation sites excluding steroid dienone is 4. The largest absolute Gasteiger partial charge is 0.480 e. The number of imidazole rings is 1. The second-order valence-electron chi connectivity index (χ2n) is 8.65. The van der Waals surface area contributed by atoms with Crippen molar-refractivity contribution in [1.82, 2.24) is 20.6 Å². The Kier molecular flexibility index (Phi) is 9.04. The van der Waals surface area contributed by atoms with Gasteiger partial charge in [-0.05, 0) is 69.3 Å². The fourth-order valence-corrected chi connectivity index (χ4v) is 5.25. The third-order valence-electron chi connectivity index (χ3n) is 6.66. The Balaban J connectivity index is 1.69. The number of aliphatic hydroxyl groups is 1. The van der Waals surface area contributed by atoms with E-state index in [1.165, 1.54) is 5.70 Å². The van der Waals surface area contributed by atoms with E-state index in [1.54, 1.807) is 18.1 Å². The number of H-pyrrole nitrogens is 1. The van der Waals surface area contributed by atoms with Crippen LogP contribution in [0.2, 0.25) is 0 Å². The van der Waals surface area contributed by atoms with Crippen LogP contribution in [-0.2, 0) is 11.3 Å². The molecule has 172 valence electrons. The maximum absolute atomic E-state index is 11.7. The van der Waals surface area contributed by atoms with Crippen molar-refractivity contribution < 1.29 is 15.0 Å². The molecule has 5 N–H and O–H groups in total. The predicted octanol–water partition coefficient (Wildman–Crippen LogP) is 3.19. The number of aryl methyl sites for hydroxylation is 1. The number of nitrogens with zero attached hydrogens (tertiary/aromatic N) is 1. The SMILES string of the molecule is CSCC[C@H](NC(O)C1CC=C(NCc2nc[nH]c2C)CC1C1CC=CCC1)C(=O)O. The van der Waals surface area contributed by atoms with Crippen LogP contribution in [0.1, 0.15) is 49.9 Å². The number of hydrogen-bond donors (Lipinski definition) is 5. The summed E-state index contributed by atoms with van der Waals surface area (Å²) in [6, 6.07) is -0.722. The fourth-order valence-electron chi connectivity index (χ4n) is 4.78. The summed E-state index contributed by atoms with van der Waals surface area (Å²) in [5, 5.41) is 27.2. The summed E-state index contributed by atoms with van der Waals surface area (Å²) in [5.41, 5.74) is 3.28. The van der Waals surface area contributed by atoms with Crippen molar-refractivity contribution >= 4 is 17.7 Å². The number of aliphatic carboxylic acids is 1. The number of thioether (sulfide) groups is 1. The Morgan fingerprint density at radius 2 is 2.23 bits per heavy atom. The second kappa shape index (κ2) is 11.7. The van der Waals surface area contributed by atoms with Crippen molar-refractivity contribution in [1.29, 1.82) is 0 Å². The maximum Gasteiger partial charge on any atom is 0.320 e. The number of hydrogen-bond acceptors (Lipinski definition) is 6. The van der Waals surface area contributed by atoms with Crippen LogP contribution in [0, 0.1) is 24.7 Å². The smallest absolute Gasteiger partial charge is 0.320 e. The Morgan fingerprint density at radius 1 is 1.39 bits per heavy atom. The van der Waals surface area contributed by atoms with Crippen molar-refractivity contribution in [2.45, 2.75) is 64.3 Å². The van der Waals surface area contributed by atoms with E-state index >= 15 is 0 Å². The third-order valence-corrected chi connectivity index (χ3v) is 7.30. The van der Waals surface area contributed by atoms with E-state index in [4.69, 9.17) is 0 Å². The molecular weight excluding hydrogens is 412 g/mol. The van der Waals surface area contributed by atoms with Crippen molar-refractivity contribution in [2.24, 2.45) is 17.8 Å². The van der Waals surface area contributed by atoms with Crippen molar-refractivity contribution in [3.63, 3.8) is 0 Å². The molecule has 0 bridgehead atoms. The molecule has 0 aliphatic heterocycles. The molecular formula is C23H36N4O3S. The predicted molar refractivity (Wildman–Crippen MR) is 125 cm³/mol. The molecule has 0 saturated carbocycles. The molecule has 1 aromatic rings. The number of carboxylic acids is 1. The van der Waals surface area contributed by atoms with Gasteiger partial charge in [-0.1, -0.05) is 18.2 Å². The highest BCUT2D eigenvalue weighted by atomic mass is 32.2. The molecule has 5 atom stereocenters. The zero-order valence-electron chi connectivity index (χ0n) is 18.5. The highest BCUT2D eigenvalue weighted by molar-refractivity contribution is 7.98. The molecule has 0 amide bonds. The van der Waals surface area contributed by atoms with Crippen LogP contribution in [-0.4, -0.2) is 50.4 Å². The molecule has 0 fully saturated rings. The van der Waals surface area contributed by atoms with E-state index in [-0.39, 0.29) is 5.92 Å². The summed E-state index contributed by atoms with van der Waals surface area (Å²) in [6.07, 6.45) is 14.8. The van der Waals surface area contributed by atoms with E-state index in [0.29, 0.717) is 24.8 Å². The highest BCUT2D eigenvalue weighted by Crippen LogP contribution is 2.41. The Labute approximate surface area is 189 Å². The molecule has 31 heavy (non-hydrogen) atoms. The average Bonchev–Trinajstić information content (AvgIpc) is 3.20. The first-order chi connectivity index (χ1) is 15.0. The zero-order chi connectivity index (χ0) is 22.2. The Morgan fingerprint density at radius 3 is 2.87 bits per heavy atom. The topological polar surface area (TPSA) is 110 Å². The first-order valence-electron chi connectivity index (χ1n) is 11.2. The maximum atomic E-state index is 11.7. The number of carbonyl (C=O) groups is 1. The van der Waals surface area contributed by atoms with Gasteiger partial charge in [0.15, 0.2) is 0 Å². The molecule has 1 aromatic heterocycles. The van der Waals surface area contributed by atoms with Gasteiger partial charge < -0.3 is 20.5 Å². The summed E-state index contributed by atoms with van der Waals surface area (Å²) in [5.74, 6) is 0.658. The minimum atomic E-state index is -0.895. The molecule has 1 heterocycles. The Hall–Kier alpha value is -1.77. The molecule has 3 rings (SSSR count). The standard InChI is InChI=1S/C23H36N4O3S/c1-15-21(26-14-25-15)13-24-17-8-9-18(19(12-17)16-6-4-3-5-7-16)22(28)27-20(23(29)30)10-11-31-2/h3-4,8,14,16,18-20,22,24,27-28H,5-7,9-13H2,1-2H3,(H,25,26)(H,29,30)/t16?,18?,19?,20-,22?/m0/s1. The van der Waals surface area contributed by atoms with Crippen molar-refractivity contribution in [3.8, 4) is 0 Å². The third kappa shape index (κ3) is 6.60. The number of aliphatic hydroxyl groups excluding tert-OH is 1. The molecule has 0 saturated heterocycles. The lowest BCUT2D eigenvalue weighted by Crippen LogP contribution is -2.50. The van der Waals surface area contributed by atoms with E-state index in [1.807, 2.05) is 13.2 Å². The second-order valence-corrected chi connectivity index (χ2v) is 9.64. The van der Waals surface area contributed by atoms with Gasteiger partial charge in [0, 0.05) is 17.3 Å². The van der Waals surface area contributed by atoms with Crippen molar-refractivity contribution in [2.75, 3.05) is 12.0 Å². The summed E-state index contributed by atoms with van der Waals surface area (Å²) in [7, 11) is 0. The summed E-state index contributed by atoms with van der Waals surface area (Å²) >= 11 is 1.62. The van der Waals surface area contributed by atoms with E-state index < -0.39 is 18.2 Å². The Bertz CT molecular complexity index is 779. The fraction of sp³-hybridized carbons (Fsp3) is 0.652. The number of nitrogens with one attached hydrogen (secondary N) is 3. The van der Waals surface area contributed by atoms with Crippen LogP contribution in [0.4, 0.5) is 0 Å². The molecule has 4 unspecified atom stereocenters. The number of carboxylic acid groups (broad SMARTS) is 1. The first-order valence-corrected chi connectivity index (χ1v) is 12.6. The summed E-state index contributed by atoms with van der Waals surface area (Å²) in [4.78, 5) is 19.1. The normalized spacial score (nSPS) is 25.6. The van der Waals surface area contributed by atoms with Crippen LogP contribution < -0.4 is 10.6 Å². The lowest BCUT2D eigenvalue weighted by molar-refractivity contribution is -0.141. The summed E-state index contributed by atoms with van der Waals surface area (Å²) in [6.45, 7) is 2.70. The van der Waals surface area contributed by atoms with Gasteiger partial charge in [0.1, 0.15) is 12.3 Å². The number of rotatable bonds is 11. The van der Waals surface area contributed by atoms with Gasteiger partial charge in [0.05, 0.1) is 18.6 Å². The van der Waals surface area contributed by atoms with Gasteiger partial charge in [0.2, 0.25) is 0 Å². The van der Waals surface area contributed by atoms with Crippen LogP contribution in [0.25, 0.3) is 0 Å². The minimum absolute atomic E-state index is 0.00491. The van der Waals surface area contributed by atoms with Crippen LogP contribution >= 0.6 is 11.8 Å². The molecule has 0 radical (unpaired) electrons. The summed E-state index contributed by atoms with van der Waals surface area (Å²) < 4.78 is 0. The first kappa shape index (κ1) is 23.9. The van der Waals surface area contributed by atoms with Crippen LogP contribution in [0.3, 0.4) is 0 Å². The van der Waals surface area contributed by atoms with Crippen LogP contribution in [0.5, 0.6) is 0 Å². The number of aromatic amines is 1. The molecule has 7 nitrogen and oxygen atoms in total. The number of aromatic nitrogens is 2. The van der Waals surface area contributed by atoms with Crippen LogP contribution in [0.15, 0.2) is 30.3 Å². The van der Waals surface area contributed by atoms with E-state index in [0.717, 1.165) is 49.2 Å². The van der Waals surface area contributed by atoms with E-state index in [2.05, 4.69) is 38.8 Å². The van der Waals surface area contributed by atoms with Crippen molar-refractivity contribution in [3.05, 3.63) is 41.6 Å². The van der Waals surface area contributed by atoms with Gasteiger partial charge >= 0.3 is 5.97 Å². The van der Waals surface area contributed by atoms with Gasteiger partial charge in [-0.25, -0.2) is 4.98 Å². The highest BCUT2D eigenvalue weighted by Gasteiger charge is 2.37. The quantitative estimate of drug-likeness (QED) is 0.261. The minimum Gasteiger partial charge on any atom is -0.480 e. The molecule has 2 aliphatic rings. The molecule has 0 spiro atoms. The molecule has 0 aromatic carbocycles.